The highest BCUT2D eigenvalue weighted by Gasteiger charge is 2.32. The zero-order valence-corrected chi connectivity index (χ0v) is 17.1. The van der Waals surface area contributed by atoms with Crippen LogP contribution in [0.1, 0.15) is 42.2 Å². The number of aromatic nitrogens is 1. The van der Waals surface area contributed by atoms with Crippen LogP contribution in [0, 0.1) is 18.2 Å². The molecule has 7 heteroatoms. The molecule has 2 aromatic rings. The molecule has 3 rings (SSSR count). The van der Waals surface area contributed by atoms with Crippen molar-refractivity contribution in [2.24, 2.45) is 0 Å². The first-order valence-electron chi connectivity index (χ1n) is 9.28. The lowest BCUT2D eigenvalue weighted by Gasteiger charge is -2.41. The first-order valence-corrected chi connectivity index (χ1v) is 10.2. The van der Waals surface area contributed by atoms with E-state index < -0.39 is 5.82 Å². The molecule has 0 spiro atoms. The van der Waals surface area contributed by atoms with Crippen molar-refractivity contribution in [2.75, 3.05) is 25.1 Å². The summed E-state index contributed by atoms with van der Waals surface area (Å²) in [6.45, 7) is 6.04. The number of amides is 1. The Morgan fingerprint density at radius 2 is 2.29 bits per heavy atom. The zero-order valence-electron chi connectivity index (χ0n) is 16.3. The molecule has 1 atom stereocenters. The summed E-state index contributed by atoms with van der Waals surface area (Å²) in [5, 5.41) is 2.14. The maximum atomic E-state index is 13.9. The maximum absolute atomic E-state index is 13.9. The van der Waals surface area contributed by atoms with E-state index in [4.69, 9.17) is 11.2 Å². The quantitative estimate of drug-likeness (QED) is 0.715. The molecule has 1 aromatic heterocycles. The van der Waals surface area contributed by atoms with Crippen LogP contribution in [0.5, 0.6) is 5.75 Å². The van der Waals surface area contributed by atoms with E-state index in [0.717, 1.165) is 25.9 Å². The van der Waals surface area contributed by atoms with Crippen molar-refractivity contribution in [1.82, 2.24) is 9.88 Å². The molecule has 0 unspecified atom stereocenters. The fourth-order valence-corrected chi connectivity index (χ4v) is 4.11. The van der Waals surface area contributed by atoms with E-state index in [1.807, 2.05) is 0 Å². The number of hydrogen-bond acceptors (Lipinski definition) is 5. The number of piperidine rings is 1. The van der Waals surface area contributed by atoms with Gasteiger partial charge in [0.1, 0.15) is 5.69 Å². The Balaban J connectivity index is 2.00. The summed E-state index contributed by atoms with van der Waals surface area (Å²) in [5.41, 5.74) is 0.900. The van der Waals surface area contributed by atoms with Crippen LogP contribution in [-0.2, 0) is 0 Å². The molecule has 0 aliphatic carbocycles. The number of benzene rings is 1. The first kappa shape index (κ1) is 20.3. The molecule has 0 bridgehead atoms. The highest BCUT2D eigenvalue weighted by molar-refractivity contribution is 7.10. The second-order valence-corrected chi connectivity index (χ2v) is 7.92. The fraction of sp³-hybridized carbons (Fsp3) is 0.429. The zero-order chi connectivity index (χ0) is 20.3. The largest absolute Gasteiger partial charge is 0.494 e. The normalized spacial score (nSPS) is 17.4. The molecule has 2 heterocycles. The predicted octanol–water partition coefficient (Wildman–Crippen LogP) is 3.79. The molecule has 28 heavy (non-hydrogen) atoms. The molecule has 0 N–H and O–H groups in total. The smallest absolute Gasteiger partial charge is 0.278 e. The monoisotopic (exact) mass is 401 g/mol. The van der Waals surface area contributed by atoms with Crippen LogP contribution in [0.25, 0.3) is 0 Å². The topological polar surface area (TPSA) is 45.7 Å². The Morgan fingerprint density at radius 3 is 2.93 bits per heavy atom. The molecular formula is C21H24FN3O2S. The van der Waals surface area contributed by atoms with Crippen molar-refractivity contribution in [3.63, 3.8) is 0 Å². The SMILES string of the molecule is C#Cc1nc(C(=O)N(c2ccc(F)c(OC)c2)[C@@H]2CCCN(C(C)C)C2)cs1. The van der Waals surface area contributed by atoms with Gasteiger partial charge in [-0.2, -0.15) is 0 Å². The third-order valence-electron chi connectivity index (χ3n) is 5.00. The number of anilines is 1. The number of ether oxygens (including phenoxy) is 1. The Kier molecular flexibility index (Phi) is 6.32. The van der Waals surface area contributed by atoms with Gasteiger partial charge >= 0.3 is 0 Å². The summed E-state index contributed by atoms with van der Waals surface area (Å²) in [5.74, 6) is 1.88. The Morgan fingerprint density at radius 1 is 1.50 bits per heavy atom. The molecule has 148 valence electrons. The van der Waals surface area contributed by atoms with Gasteiger partial charge in [0.2, 0.25) is 0 Å². The molecule has 1 aliphatic rings. The van der Waals surface area contributed by atoms with Crippen molar-refractivity contribution in [3.05, 3.63) is 40.1 Å². The number of rotatable bonds is 5. The average Bonchev–Trinajstić information content (AvgIpc) is 3.19. The minimum absolute atomic E-state index is 0.0465. The van der Waals surface area contributed by atoms with Crippen LogP contribution in [0.15, 0.2) is 23.6 Å². The van der Waals surface area contributed by atoms with Crippen molar-refractivity contribution >= 4 is 22.9 Å². The fourth-order valence-electron chi connectivity index (χ4n) is 3.52. The Labute approximate surface area is 169 Å². The third kappa shape index (κ3) is 4.18. The number of methoxy groups -OCH3 is 1. The molecule has 0 radical (unpaired) electrons. The average molecular weight is 402 g/mol. The van der Waals surface area contributed by atoms with Gasteiger partial charge in [0.05, 0.1) is 13.2 Å². The Hall–Kier alpha value is -2.43. The van der Waals surface area contributed by atoms with E-state index in [0.29, 0.717) is 22.4 Å². The van der Waals surface area contributed by atoms with Crippen molar-refractivity contribution in [3.8, 4) is 18.1 Å². The Bertz CT molecular complexity index is 890. The van der Waals surface area contributed by atoms with Crippen LogP contribution < -0.4 is 9.64 Å². The van der Waals surface area contributed by atoms with Crippen LogP contribution in [-0.4, -0.2) is 48.1 Å². The van der Waals surface area contributed by atoms with Crippen LogP contribution in [0.3, 0.4) is 0 Å². The van der Waals surface area contributed by atoms with Gasteiger partial charge in [0, 0.05) is 29.7 Å². The summed E-state index contributed by atoms with van der Waals surface area (Å²) in [6, 6.07) is 4.84. The molecule has 0 saturated carbocycles. The van der Waals surface area contributed by atoms with Gasteiger partial charge in [-0.05, 0) is 51.3 Å². The molecule has 1 amide bonds. The van der Waals surface area contributed by atoms with E-state index in [1.165, 1.54) is 24.5 Å². The van der Waals surface area contributed by atoms with Crippen molar-refractivity contribution < 1.29 is 13.9 Å². The molecule has 1 aromatic carbocycles. The van der Waals surface area contributed by atoms with Crippen molar-refractivity contribution in [2.45, 2.75) is 38.8 Å². The van der Waals surface area contributed by atoms with Crippen molar-refractivity contribution in [1.29, 1.82) is 0 Å². The number of terminal acetylenes is 1. The minimum atomic E-state index is -0.464. The van der Waals surface area contributed by atoms with Gasteiger partial charge in [-0.1, -0.05) is 0 Å². The number of likely N-dealkylation sites (tertiary alicyclic amines) is 1. The highest BCUT2D eigenvalue weighted by atomic mass is 32.1. The maximum Gasteiger partial charge on any atom is 0.278 e. The lowest BCUT2D eigenvalue weighted by Crippen LogP contribution is -2.52. The third-order valence-corrected chi connectivity index (χ3v) is 5.78. The van der Waals surface area contributed by atoms with E-state index in [9.17, 15) is 9.18 Å². The lowest BCUT2D eigenvalue weighted by molar-refractivity contribution is 0.0940. The second kappa shape index (κ2) is 8.72. The van der Waals surface area contributed by atoms with E-state index in [-0.39, 0.29) is 17.7 Å². The summed E-state index contributed by atoms with van der Waals surface area (Å²) >= 11 is 1.26. The van der Waals surface area contributed by atoms with Crippen LogP contribution in [0.2, 0.25) is 0 Å². The van der Waals surface area contributed by atoms with Crippen LogP contribution >= 0.6 is 11.3 Å². The minimum Gasteiger partial charge on any atom is -0.494 e. The number of carbonyl (C=O) groups excluding carboxylic acids is 1. The number of nitrogens with zero attached hydrogens (tertiary/aromatic N) is 3. The summed E-state index contributed by atoms with van der Waals surface area (Å²) < 4.78 is 19.1. The predicted molar refractivity (Wildman–Crippen MR) is 110 cm³/mol. The number of halogens is 1. The van der Waals surface area contributed by atoms with E-state index in [1.54, 1.807) is 22.4 Å². The van der Waals surface area contributed by atoms with Gasteiger partial charge in [0.15, 0.2) is 16.6 Å². The lowest BCUT2D eigenvalue weighted by atomic mass is 10.0. The standard InChI is InChI=1S/C21H24FN3O2S/c1-5-20-23-18(13-28-20)21(26)25(15-8-9-17(22)19(11-15)27-4)16-7-6-10-24(12-16)14(2)3/h1,8-9,11,13-14,16H,6-7,10,12H2,2-4H3/t16-/m1/s1. The second-order valence-electron chi connectivity index (χ2n) is 7.06. The van der Waals surface area contributed by atoms with Crippen LogP contribution in [0.4, 0.5) is 10.1 Å². The van der Waals surface area contributed by atoms with E-state index in [2.05, 4.69) is 29.7 Å². The number of hydrogen-bond donors (Lipinski definition) is 0. The first-order chi connectivity index (χ1) is 13.4. The molecule has 5 nitrogen and oxygen atoms in total. The summed E-state index contributed by atoms with van der Waals surface area (Å²) in [7, 11) is 1.41. The van der Waals surface area contributed by atoms with Gasteiger partial charge in [0.25, 0.3) is 5.91 Å². The summed E-state index contributed by atoms with van der Waals surface area (Å²) in [4.78, 5) is 21.7. The van der Waals surface area contributed by atoms with E-state index >= 15 is 0 Å². The number of thiazole rings is 1. The molecule has 1 saturated heterocycles. The summed E-state index contributed by atoms with van der Waals surface area (Å²) in [6.07, 6.45) is 7.25. The van der Waals surface area contributed by atoms with Gasteiger partial charge < -0.3 is 9.64 Å². The molecule has 1 aliphatic heterocycles. The van der Waals surface area contributed by atoms with Gasteiger partial charge in [-0.25, -0.2) is 9.37 Å². The van der Waals surface area contributed by atoms with Gasteiger partial charge in [-0.3, -0.25) is 9.69 Å². The highest BCUT2D eigenvalue weighted by Crippen LogP contribution is 2.30. The number of carbonyl (C=O) groups is 1. The molecule has 1 fully saturated rings. The molecular weight excluding hydrogens is 377 g/mol. The van der Waals surface area contributed by atoms with Gasteiger partial charge in [-0.15, -0.1) is 17.8 Å².